The second-order valence-electron chi connectivity index (χ2n) is 5.56. The Hall–Kier alpha value is -2.32. The van der Waals surface area contributed by atoms with E-state index < -0.39 is 0 Å². The fourth-order valence-electron chi connectivity index (χ4n) is 2.03. The van der Waals surface area contributed by atoms with Gasteiger partial charge in [0.2, 0.25) is 11.8 Å². The summed E-state index contributed by atoms with van der Waals surface area (Å²) in [5.41, 5.74) is 0. The number of hydrogen-bond donors (Lipinski definition) is 4. The fourth-order valence-corrected chi connectivity index (χ4v) is 3.73. The van der Waals surface area contributed by atoms with Crippen molar-refractivity contribution in [3.05, 3.63) is 48.5 Å². The van der Waals surface area contributed by atoms with Crippen molar-refractivity contribution in [2.24, 2.45) is 0 Å². The van der Waals surface area contributed by atoms with Crippen LogP contribution in [0.25, 0.3) is 0 Å². The summed E-state index contributed by atoms with van der Waals surface area (Å²) in [5.74, 6) is 1.42. The highest BCUT2D eigenvalue weighted by molar-refractivity contribution is 7.99. The highest BCUT2D eigenvalue weighted by Crippen LogP contribution is 2.22. The predicted molar refractivity (Wildman–Crippen MR) is 108 cm³/mol. The maximum atomic E-state index is 11.8. The van der Waals surface area contributed by atoms with Crippen molar-refractivity contribution in [2.45, 2.75) is 22.6 Å². The molecule has 2 rings (SSSR count). The monoisotopic (exact) mass is 406 g/mol. The van der Waals surface area contributed by atoms with Crippen LogP contribution in [0, 0.1) is 0 Å². The average Bonchev–Trinajstić information content (AvgIpc) is 2.65. The number of nitrogens with one attached hydrogen (secondary N) is 2. The standard InChI is InChI=1S/C19H22N2O4S2/c22-14-1-5-16(6-2-14)26-11-9-18(24)20-13-21-19(25)10-12-27-17-7-3-15(23)4-8-17/h1-8,22-23H,9-13H2,(H,20,24)(H,21,25). The van der Waals surface area contributed by atoms with E-state index in [1.165, 1.54) is 23.5 Å². The van der Waals surface area contributed by atoms with Crippen LogP contribution in [0.4, 0.5) is 0 Å². The molecule has 0 aromatic heterocycles. The molecule has 0 saturated heterocycles. The van der Waals surface area contributed by atoms with Gasteiger partial charge in [0.05, 0.1) is 6.67 Å². The Morgan fingerprint density at radius 3 is 1.44 bits per heavy atom. The molecular formula is C19H22N2O4S2. The number of thioether (sulfide) groups is 2. The summed E-state index contributed by atoms with van der Waals surface area (Å²) in [6, 6.07) is 13.6. The third kappa shape index (κ3) is 8.74. The van der Waals surface area contributed by atoms with E-state index in [-0.39, 0.29) is 30.0 Å². The number of amides is 2. The Labute approximate surface area is 166 Å². The van der Waals surface area contributed by atoms with Crippen LogP contribution in [0.3, 0.4) is 0 Å². The van der Waals surface area contributed by atoms with Crippen LogP contribution in [-0.4, -0.2) is 40.2 Å². The van der Waals surface area contributed by atoms with E-state index in [9.17, 15) is 19.8 Å². The van der Waals surface area contributed by atoms with Crippen molar-refractivity contribution >= 4 is 35.3 Å². The van der Waals surface area contributed by atoms with Gasteiger partial charge >= 0.3 is 0 Å². The lowest BCUT2D eigenvalue weighted by molar-refractivity contribution is -0.122. The minimum absolute atomic E-state index is 0.116. The molecule has 0 unspecified atom stereocenters. The summed E-state index contributed by atoms with van der Waals surface area (Å²) in [6.07, 6.45) is 0.691. The van der Waals surface area contributed by atoms with Crippen molar-refractivity contribution in [3.63, 3.8) is 0 Å². The fraction of sp³-hybridized carbons (Fsp3) is 0.263. The zero-order valence-electron chi connectivity index (χ0n) is 14.7. The zero-order valence-corrected chi connectivity index (χ0v) is 16.3. The minimum Gasteiger partial charge on any atom is -0.508 e. The molecule has 2 aromatic carbocycles. The number of carbonyl (C=O) groups excluding carboxylic acids is 2. The maximum Gasteiger partial charge on any atom is 0.222 e. The van der Waals surface area contributed by atoms with Gasteiger partial charge in [-0.3, -0.25) is 9.59 Å². The molecule has 2 aromatic rings. The maximum absolute atomic E-state index is 11.8. The topological polar surface area (TPSA) is 98.7 Å². The summed E-state index contributed by atoms with van der Waals surface area (Å²) in [7, 11) is 0. The van der Waals surface area contributed by atoms with E-state index in [0.717, 1.165) is 9.79 Å². The van der Waals surface area contributed by atoms with Crippen LogP contribution >= 0.6 is 23.5 Å². The number of aromatic hydroxyl groups is 2. The van der Waals surface area contributed by atoms with Gasteiger partial charge in [-0.2, -0.15) is 0 Å². The summed E-state index contributed by atoms with van der Waals surface area (Å²) in [4.78, 5) is 25.5. The number of carbonyl (C=O) groups is 2. The summed E-state index contributed by atoms with van der Waals surface area (Å²) >= 11 is 3.06. The molecule has 0 aliphatic carbocycles. The van der Waals surface area contributed by atoms with Crippen molar-refractivity contribution in [1.82, 2.24) is 10.6 Å². The van der Waals surface area contributed by atoms with Crippen LogP contribution in [0.15, 0.2) is 58.3 Å². The highest BCUT2D eigenvalue weighted by Gasteiger charge is 2.05. The van der Waals surface area contributed by atoms with E-state index >= 15 is 0 Å². The van der Waals surface area contributed by atoms with E-state index in [4.69, 9.17) is 0 Å². The van der Waals surface area contributed by atoms with Gasteiger partial charge in [0, 0.05) is 34.1 Å². The van der Waals surface area contributed by atoms with Crippen LogP contribution < -0.4 is 10.6 Å². The van der Waals surface area contributed by atoms with Crippen molar-refractivity contribution in [1.29, 1.82) is 0 Å². The SMILES string of the molecule is O=C(CCSc1ccc(O)cc1)NCNC(=O)CCSc1ccc(O)cc1. The zero-order chi connectivity index (χ0) is 19.5. The molecule has 0 saturated carbocycles. The lowest BCUT2D eigenvalue weighted by atomic mass is 10.3. The van der Waals surface area contributed by atoms with Gasteiger partial charge in [0.25, 0.3) is 0 Å². The normalized spacial score (nSPS) is 10.4. The van der Waals surface area contributed by atoms with Gasteiger partial charge in [-0.25, -0.2) is 0 Å². The molecular weight excluding hydrogens is 384 g/mol. The lowest BCUT2D eigenvalue weighted by Crippen LogP contribution is -2.37. The Kier molecular flexibility index (Phi) is 8.86. The van der Waals surface area contributed by atoms with E-state index in [0.29, 0.717) is 24.3 Å². The smallest absolute Gasteiger partial charge is 0.222 e. The Bertz CT molecular complexity index is 673. The van der Waals surface area contributed by atoms with Crippen LogP contribution in [0.1, 0.15) is 12.8 Å². The van der Waals surface area contributed by atoms with Gasteiger partial charge in [0.1, 0.15) is 11.5 Å². The first kappa shape index (κ1) is 21.0. The van der Waals surface area contributed by atoms with Crippen LogP contribution in [0.5, 0.6) is 11.5 Å². The average molecular weight is 407 g/mol. The molecule has 27 heavy (non-hydrogen) atoms. The summed E-state index contributed by atoms with van der Waals surface area (Å²) < 4.78 is 0. The first-order valence-corrected chi connectivity index (χ1v) is 10.4. The molecule has 8 heteroatoms. The van der Waals surface area contributed by atoms with Crippen molar-refractivity contribution < 1.29 is 19.8 Å². The molecule has 6 nitrogen and oxygen atoms in total. The predicted octanol–water partition coefficient (Wildman–Crippen LogP) is 2.95. The molecule has 0 spiro atoms. The summed E-state index contributed by atoms with van der Waals surface area (Å²) in [5, 5.41) is 23.8. The number of phenolic OH excluding ortho intramolecular Hbond substituents is 2. The molecule has 0 atom stereocenters. The Morgan fingerprint density at radius 1 is 0.704 bits per heavy atom. The minimum atomic E-state index is -0.125. The van der Waals surface area contributed by atoms with Gasteiger partial charge in [0.15, 0.2) is 0 Å². The second-order valence-corrected chi connectivity index (χ2v) is 7.90. The lowest BCUT2D eigenvalue weighted by Gasteiger charge is -2.08. The first-order valence-electron chi connectivity index (χ1n) is 8.40. The molecule has 144 valence electrons. The number of hydrogen-bond acceptors (Lipinski definition) is 6. The molecule has 0 radical (unpaired) electrons. The van der Waals surface area contributed by atoms with Gasteiger partial charge in [-0.05, 0) is 48.5 Å². The van der Waals surface area contributed by atoms with Gasteiger partial charge in [-0.1, -0.05) is 0 Å². The molecule has 0 aliphatic heterocycles. The molecule has 0 fully saturated rings. The molecule has 0 aliphatic rings. The number of phenols is 2. The molecule has 0 heterocycles. The quantitative estimate of drug-likeness (QED) is 0.358. The largest absolute Gasteiger partial charge is 0.508 e. The Morgan fingerprint density at radius 2 is 1.07 bits per heavy atom. The van der Waals surface area contributed by atoms with Crippen LogP contribution in [-0.2, 0) is 9.59 Å². The van der Waals surface area contributed by atoms with Gasteiger partial charge < -0.3 is 20.8 Å². The summed E-state index contributed by atoms with van der Waals surface area (Å²) in [6.45, 7) is 0.116. The van der Waals surface area contributed by atoms with Crippen LogP contribution in [0.2, 0.25) is 0 Å². The highest BCUT2D eigenvalue weighted by atomic mass is 32.2. The first-order chi connectivity index (χ1) is 13.0. The van der Waals surface area contributed by atoms with E-state index in [2.05, 4.69) is 10.6 Å². The van der Waals surface area contributed by atoms with Crippen molar-refractivity contribution in [3.8, 4) is 11.5 Å². The number of benzene rings is 2. The van der Waals surface area contributed by atoms with Crippen molar-refractivity contribution in [2.75, 3.05) is 18.2 Å². The Balaban J connectivity index is 1.51. The second kappa shape index (κ2) is 11.4. The molecule has 4 N–H and O–H groups in total. The van der Waals surface area contributed by atoms with E-state index in [1.54, 1.807) is 48.5 Å². The third-order valence-corrected chi connectivity index (χ3v) is 5.47. The van der Waals surface area contributed by atoms with E-state index in [1.807, 2.05) is 0 Å². The molecule has 0 bridgehead atoms. The molecule has 2 amide bonds. The third-order valence-electron chi connectivity index (χ3n) is 3.44. The number of rotatable bonds is 10. The van der Waals surface area contributed by atoms with Gasteiger partial charge in [-0.15, -0.1) is 23.5 Å².